The van der Waals surface area contributed by atoms with Crippen LogP contribution < -0.4 is 9.47 Å². The summed E-state index contributed by atoms with van der Waals surface area (Å²) >= 11 is 0. The van der Waals surface area contributed by atoms with Crippen LogP contribution in [0.15, 0.2) is 18.2 Å². The SMILES string of the molecule is CCOC(=O)C1CCN(C(=O)CN2CCC[C@@H]2c2ccc(OC)c(OC)c2)CC1. The molecule has 0 unspecified atom stereocenters. The second kappa shape index (κ2) is 9.96. The van der Waals surface area contributed by atoms with Crippen LogP contribution in [0.1, 0.15) is 44.2 Å². The molecule has 1 aromatic carbocycles. The first-order valence-corrected chi connectivity index (χ1v) is 10.5. The van der Waals surface area contributed by atoms with Crippen LogP contribution >= 0.6 is 0 Å². The van der Waals surface area contributed by atoms with Crippen LogP contribution in [0.5, 0.6) is 11.5 Å². The first-order chi connectivity index (χ1) is 14.1. The van der Waals surface area contributed by atoms with Crippen molar-refractivity contribution in [3.63, 3.8) is 0 Å². The Labute approximate surface area is 172 Å². The van der Waals surface area contributed by atoms with E-state index in [9.17, 15) is 9.59 Å². The number of nitrogens with zero attached hydrogens (tertiary/aromatic N) is 2. The zero-order chi connectivity index (χ0) is 20.8. The molecule has 0 spiro atoms. The molecule has 3 rings (SSSR count). The normalized spacial score (nSPS) is 20.5. The molecule has 0 radical (unpaired) electrons. The van der Waals surface area contributed by atoms with Crippen molar-refractivity contribution in [3.8, 4) is 11.5 Å². The number of likely N-dealkylation sites (tertiary alicyclic amines) is 2. The van der Waals surface area contributed by atoms with Gasteiger partial charge in [0.25, 0.3) is 0 Å². The summed E-state index contributed by atoms with van der Waals surface area (Å²) in [5.74, 6) is 1.35. The molecular formula is C22H32N2O5. The molecule has 1 atom stereocenters. The molecule has 2 aliphatic rings. The second-order valence-corrected chi connectivity index (χ2v) is 7.65. The van der Waals surface area contributed by atoms with Gasteiger partial charge in [0, 0.05) is 19.1 Å². The molecule has 2 fully saturated rings. The van der Waals surface area contributed by atoms with Crippen molar-refractivity contribution in [2.45, 2.75) is 38.6 Å². The molecule has 0 saturated carbocycles. The van der Waals surface area contributed by atoms with E-state index in [1.165, 1.54) is 0 Å². The smallest absolute Gasteiger partial charge is 0.309 e. The minimum Gasteiger partial charge on any atom is -0.493 e. The van der Waals surface area contributed by atoms with Gasteiger partial charge in [-0.1, -0.05) is 6.07 Å². The van der Waals surface area contributed by atoms with Crippen molar-refractivity contribution in [1.29, 1.82) is 0 Å². The number of hydrogen-bond donors (Lipinski definition) is 0. The van der Waals surface area contributed by atoms with E-state index in [-0.39, 0.29) is 23.8 Å². The Morgan fingerprint density at radius 3 is 2.41 bits per heavy atom. The van der Waals surface area contributed by atoms with Crippen molar-refractivity contribution in [2.24, 2.45) is 5.92 Å². The molecule has 7 heteroatoms. The number of ether oxygens (including phenoxy) is 3. The number of esters is 1. The number of methoxy groups -OCH3 is 2. The van der Waals surface area contributed by atoms with Crippen molar-refractivity contribution in [2.75, 3.05) is 47.0 Å². The van der Waals surface area contributed by atoms with Gasteiger partial charge in [-0.05, 0) is 56.8 Å². The number of amides is 1. The molecule has 0 aromatic heterocycles. The maximum atomic E-state index is 12.9. The Kier molecular flexibility index (Phi) is 7.36. The molecule has 2 aliphatic heterocycles. The van der Waals surface area contributed by atoms with E-state index in [1.54, 1.807) is 14.2 Å². The lowest BCUT2D eigenvalue weighted by molar-refractivity contribution is -0.151. The van der Waals surface area contributed by atoms with Gasteiger partial charge in [-0.25, -0.2) is 0 Å². The van der Waals surface area contributed by atoms with Gasteiger partial charge in [-0.2, -0.15) is 0 Å². The van der Waals surface area contributed by atoms with E-state index in [0.29, 0.717) is 50.6 Å². The Morgan fingerprint density at radius 2 is 1.76 bits per heavy atom. The number of benzene rings is 1. The summed E-state index contributed by atoms with van der Waals surface area (Å²) in [4.78, 5) is 28.9. The molecule has 7 nitrogen and oxygen atoms in total. The third-order valence-electron chi connectivity index (χ3n) is 5.96. The van der Waals surface area contributed by atoms with Crippen LogP contribution in [0.2, 0.25) is 0 Å². The highest BCUT2D eigenvalue weighted by Crippen LogP contribution is 2.36. The molecule has 29 heavy (non-hydrogen) atoms. The van der Waals surface area contributed by atoms with Crippen molar-refractivity contribution in [3.05, 3.63) is 23.8 Å². The first-order valence-electron chi connectivity index (χ1n) is 10.5. The zero-order valence-corrected chi connectivity index (χ0v) is 17.7. The lowest BCUT2D eigenvalue weighted by Gasteiger charge is -2.33. The van der Waals surface area contributed by atoms with E-state index < -0.39 is 0 Å². The third-order valence-corrected chi connectivity index (χ3v) is 5.96. The predicted molar refractivity (Wildman–Crippen MR) is 109 cm³/mol. The fourth-order valence-corrected chi connectivity index (χ4v) is 4.35. The Bertz CT molecular complexity index is 715. The third kappa shape index (κ3) is 5.01. The summed E-state index contributed by atoms with van der Waals surface area (Å²) in [6, 6.07) is 6.19. The summed E-state index contributed by atoms with van der Waals surface area (Å²) in [6.07, 6.45) is 3.46. The maximum Gasteiger partial charge on any atom is 0.309 e. The van der Waals surface area contributed by atoms with Crippen LogP contribution in [0.25, 0.3) is 0 Å². The van der Waals surface area contributed by atoms with Crippen molar-refractivity contribution < 1.29 is 23.8 Å². The first kappa shape index (κ1) is 21.4. The minimum atomic E-state index is -0.132. The van der Waals surface area contributed by atoms with E-state index in [4.69, 9.17) is 14.2 Å². The van der Waals surface area contributed by atoms with Crippen molar-refractivity contribution in [1.82, 2.24) is 9.80 Å². The highest BCUT2D eigenvalue weighted by molar-refractivity contribution is 5.79. The van der Waals surface area contributed by atoms with Crippen LogP contribution in [-0.4, -0.2) is 68.7 Å². The predicted octanol–water partition coefficient (Wildman–Crippen LogP) is 2.64. The fraction of sp³-hybridized carbons (Fsp3) is 0.636. The zero-order valence-electron chi connectivity index (χ0n) is 17.7. The lowest BCUT2D eigenvalue weighted by Crippen LogP contribution is -2.45. The monoisotopic (exact) mass is 404 g/mol. The van der Waals surface area contributed by atoms with Gasteiger partial charge in [-0.3, -0.25) is 14.5 Å². The quantitative estimate of drug-likeness (QED) is 0.651. The van der Waals surface area contributed by atoms with Gasteiger partial charge >= 0.3 is 5.97 Å². The Hall–Kier alpha value is -2.28. The average Bonchev–Trinajstić information content (AvgIpc) is 3.21. The largest absolute Gasteiger partial charge is 0.493 e. The molecule has 1 amide bonds. The fourth-order valence-electron chi connectivity index (χ4n) is 4.35. The molecule has 2 heterocycles. The minimum absolute atomic E-state index is 0.0784. The van der Waals surface area contributed by atoms with E-state index in [1.807, 2.05) is 24.0 Å². The van der Waals surface area contributed by atoms with Gasteiger partial charge in [0.1, 0.15) is 0 Å². The standard InChI is InChI=1S/C22H32N2O5/c1-4-29-22(26)16-9-12-23(13-10-16)21(25)15-24-11-5-6-18(24)17-7-8-19(27-2)20(14-17)28-3/h7-8,14,16,18H,4-6,9-13,15H2,1-3H3/t18-/m1/s1. The molecule has 0 aliphatic carbocycles. The van der Waals surface area contributed by atoms with Crippen molar-refractivity contribution >= 4 is 11.9 Å². The summed E-state index contributed by atoms with van der Waals surface area (Å²) in [7, 11) is 3.26. The van der Waals surface area contributed by atoms with E-state index in [2.05, 4.69) is 11.0 Å². The van der Waals surface area contributed by atoms with Crippen LogP contribution in [-0.2, 0) is 14.3 Å². The van der Waals surface area contributed by atoms with E-state index in [0.717, 1.165) is 24.9 Å². The molecular weight excluding hydrogens is 372 g/mol. The number of carbonyl (C=O) groups is 2. The molecule has 2 saturated heterocycles. The van der Waals surface area contributed by atoms with Gasteiger partial charge in [-0.15, -0.1) is 0 Å². The molecule has 1 aromatic rings. The van der Waals surface area contributed by atoms with Crippen LogP contribution in [0, 0.1) is 5.92 Å². The highest BCUT2D eigenvalue weighted by Gasteiger charge is 2.32. The Morgan fingerprint density at radius 1 is 1.03 bits per heavy atom. The molecule has 160 valence electrons. The number of carbonyl (C=O) groups excluding carboxylic acids is 2. The number of hydrogen-bond acceptors (Lipinski definition) is 6. The maximum absolute atomic E-state index is 12.9. The summed E-state index contributed by atoms with van der Waals surface area (Å²) < 4.78 is 15.9. The van der Waals surface area contributed by atoms with E-state index >= 15 is 0 Å². The summed E-state index contributed by atoms with van der Waals surface area (Å²) in [6.45, 7) is 4.79. The second-order valence-electron chi connectivity index (χ2n) is 7.65. The van der Waals surface area contributed by atoms with Gasteiger partial charge in [0.15, 0.2) is 11.5 Å². The Balaban J connectivity index is 1.58. The van der Waals surface area contributed by atoms with Gasteiger partial charge in [0.05, 0.1) is 33.3 Å². The summed E-state index contributed by atoms with van der Waals surface area (Å²) in [5.41, 5.74) is 1.15. The van der Waals surface area contributed by atoms with Crippen LogP contribution in [0.3, 0.4) is 0 Å². The average molecular weight is 405 g/mol. The molecule has 0 N–H and O–H groups in total. The van der Waals surface area contributed by atoms with Crippen LogP contribution in [0.4, 0.5) is 0 Å². The van der Waals surface area contributed by atoms with Gasteiger partial charge < -0.3 is 19.1 Å². The molecule has 0 bridgehead atoms. The number of rotatable bonds is 7. The topological polar surface area (TPSA) is 68.3 Å². The number of piperidine rings is 1. The lowest BCUT2D eigenvalue weighted by atomic mass is 9.97. The summed E-state index contributed by atoms with van der Waals surface area (Å²) in [5, 5.41) is 0. The van der Waals surface area contributed by atoms with Gasteiger partial charge in [0.2, 0.25) is 5.91 Å². The highest BCUT2D eigenvalue weighted by atomic mass is 16.5.